The summed E-state index contributed by atoms with van der Waals surface area (Å²) >= 11 is 1.72. The van der Waals surface area contributed by atoms with Crippen LogP contribution in [0.2, 0.25) is 0 Å². The molecule has 2 aromatic rings. The van der Waals surface area contributed by atoms with Crippen LogP contribution in [0.4, 0.5) is 0 Å². The molecule has 0 spiro atoms. The van der Waals surface area contributed by atoms with Gasteiger partial charge in [0.15, 0.2) is 0 Å². The number of aliphatic hydroxyl groups is 1. The Bertz CT molecular complexity index is 516. The topological polar surface area (TPSA) is 41.5 Å². The van der Waals surface area contributed by atoms with Crippen molar-refractivity contribution in [3.05, 3.63) is 52.2 Å². The molecule has 2 N–H and O–H groups in total. The van der Waals surface area contributed by atoms with E-state index in [0.717, 1.165) is 12.2 Å². The third-order valence-electron chi connectivity index (χ3n) is 3.40. The summed E-state index contributed by atoms with van der Waals surface area (Å²) in [5, 5.41) is 15.4. The molecule has 1 aromatic carbocycles. The number of hydrogen-bond donors (Lipinski definition) is 2. The summed E-state index contributed by atoms with van der Waals surface area (Å²) in [5.74, 6) is 0.803. The number of rotatable bonds is 8. The highest BCUT2D eigenvalue weighted by atomic mass is 35.5. The predicted octanol–water partition coefficient (Wildman–Crippen LogP) is 3.82. The predicted molar refractivity (Wildman–Crippen MR) is 95.3 cm³/mol. The molecule has 2 unspecified atom stereocenters. The van der Waals surface area contributed by atoms with Crippen molar-refractivity contribution in [2.45, 2.75) is 32.4 Å². The van der Waals surface area contributed by atoms with Crippen molar-refractivity contribution in [2.24, 2.45) is 0 Å². The van der Waals surface area contributed by atoms with Gasteiger partial charge in [-0.3, -0.25) is 0 Å². The molecule has 122 valence electrons. The Labute approximate surface area is 142 Å². The van der Waals surface area contributed by atoms with Gasteiger partial charge in [-0.05, 0) is 42.5 Å². The van der Waals surface area contributed by atoms with Crippen LogP contribution in [0.1, 0.15) is 30.3 Å². The molecule has 0 saturated heterocycles. The minimum absolute atomic E-state index is 0. The highest BCUT2D eigenvalue weighted by molar-refractivity contribution is 7.10. The summed E-state index contributed by atoms with van der Waals surface area (Å²) in [6.45, 7) is 5.05. The van der Waals surface area contributed by atoms with Gasteiger partial charge < -0.3 is 15.2 Å². The first-order chi connectivity index (χ1) is 10.2. The summed E-state index contributed by atoms with van der Waals surface area (Å²) in [5.41, 5.74) is 1.29. The van der Waals surface area contributed by atoms with Gasteiger partial charge in [0.25, 0.3) is 0 Å². The van der Waals surface area contributed by atoms with Crippen LogP contribution in [0.25, 0.3) is 0 Å². The lowest BCUT2D eigenvalue weighted by Crippen LogP contribution is -2.32. The van der Waals surface area contributed by atoms with E-state index in [2.05, 4.69) is 42.7 Å². The normalized spacial score (nSPS) is 13.2. The molecule has 0 saturated carbocycles. The molecule has 0 aliphatic carbocycles. The van der Waals surface area contributed by atoms with Gasteiger partial charge >= 0.3 is 0 Å². The van der Waals surface area contributed by atoms with E-state index in [1.807, 2.05) is 18.2 Å². The first-order valence-electron chi connectivity index (χ1n) is 7.35. The smallest absolute Gasteiger partial charge is 0.119 e. The zero-order valence-electron chi connectivity index (χ0n) is 13.0. The Hall–Kier alpha value is -1.07. The Balaban J connectivity index is 0.00000242. The lowest BCUT2D eigenvalue weighted by Gasteiger charge is -2.17. The lowest BCUT2D eigenvalue weighted by molar-refractivity contribution is 0.104. The summed E-state index contributed by atoms with van der Waals surface area (Å²) in [6.07, 6.45) is 0.506. The number of aryl methyl sites for hydroxylation is 1. The van der Waals surface area contributed by atoms with Gasteiger partial charge in [0.1, 0.15) is 18.5 Å². The minimum atomic E-state index is -0.515. The molecule has 0 aliphatic rings. The second kappa shape index (κ2) is 9.85. The van der Waals surface area contributed by atoms with Crippen molar-refractivity contribution in [3.63, 3.8) is 0 Å². The quantitative estimate of drug-likeness (QED) is 0.767. The molecule has 0 amide bonds. The van der Waals surface area contributed by atoms with E-state index in [9.17, 15) is 5.11 Å². The maximum Gasteiger partial charge on any atom is 0.119 e. The standard InChI is InChI=1S/C17H23NO2S.ClH/c1-3-14-6-8-16(9-7-14)20-12-15(19)11-18-13(2)17-5-4-10-21-17;/h4-10,13,15,18-19H,3,11-12H2,1-2H3;1H. The van der Waals surface area contributed by atoms with Crippen LogP contribution < -0.4 is 10.1 Å². The third-order valence-corrected chi connectivity index (χ3v) is 4.46. The van der Waals surface area contributed by atoms with Gasteiger partial charge in [0.05, 0.1) is 0 Å². The molecule has 1 heterocycles. The SMILES string of the molecule is CCc1ccc(OCC(O)CNC(C)c2cccs2)cc1.Cl. The fraction of sp³-hybridized carbons (Fsp3) is 0.412. The van der Waals surface area contributed by atoms with E-state index < -0.39 is 6.10 Å². The molecule has 22 heavy (non-hydrogen) atoms. The van der Waals surface area contributed by atoms with Gasteiger partial charge in [-0.15, -0.1) is 23.7 Å². The monoisotopic (exact) mass is 341 g/mol. The minimum Gasteiger partial charge on any atom is -0.491 e. The number of ether oxygens (including phenoxy) is 1. The molecule has 2 rings (SSSR count). The second-order valence-electron chi connectivity index (χ2n) is 5.11. The van der Waals surface area contributed by atoms with E-state index in [4.69, 9.17) is 4.74 Å². The Morgan fingerprint density at radius 2 is 1.95 bits per heavy atom. The number of aliphatic hydroxyl groups excluding tert-OH is 1. The first-order valence-corrected chi connectivity index (χ1v) is 8.23. The maximum absolute atomic E-state index is 9.97. The van der Waals surface area contributed by atoms with Gasteiger partial charge in [0.2, 0.25) is 0 Å². The molecular weight excluding hydrogens is 318 g/mol. The molecular formula is C17H24ClNO2S. The van der Waals surface area contributed by atoms with Gasteiger partial charge in [-0.2, -0.15) is 0 Å². The molecule has 0 aliphatic heterocycles. The van der Waals surface area contributed by atoms with Crippen LogP contribution in [0, 0.1) is 0 Å². The van der Waals surface area contributed by atoms with Crippen LogP contribution in [-0.4, -0.2) is 24.4 Å². The van der Waals surface area contributed by atoms with Crippen LogP contribution in [0.5, 0.6) is 5.75 Å². The van der Waals surface area contributed by atoms with Crippen molar-refractivity contribution in [1.82, 2.24) is 5.32 Å². The van der Waals surface area contributed by atoms with Gasteiger partial charge in [0, 0.05) is 17.5 Å². The highest BCUT2D eigenvalue weighted by Gasteiger charge is 2.10. The van der Waals surface area contributed by atoms with E-state index in [-0.39, 0.29) is 18.4 Å². The summed E-state index contributed by atoms with van der Waals surface area (Å²) < 4.78 is 5.60. The molecule has 0 bridgehead atoms. The molecule has 0 fully saturated rings. The zero-order chi connectivity index (χ0) is 15.1. The first kappa shape index (κ1) is 19.0. The van der Waals surface area contributed by atoms with E-state index >= 15 is 0 Å². The van der Waals surface area contributed by atoms with Crippen molar-refractivity contribution in [1.29, 1.82) is 0 Å². The summed E-state index contributed by atoms with van der Waals surface area (Å²) in [4.78, 5) is 1.28. The fourth-order valence-corrected chi connectivity index (χ4v) is 2.78. The summed E-state index contributed by atoms with van der Waals surface area (Å²) in [6, 6.07) is 12.4. The maximum atomic E-state index is 9.97. The van der Waals surface area contributed by atoms with Crippen LogP contribution >= 0.6 is 23.7 Å². The van der Waals surface area contributed by atoms with E-state index in [1.54, 1.807) is 11.3 Å². The zero-order valence-corrected chi connectivity index (χ0v) is 14.6. The fourth-order valence-electron chi connectivity index (χ4n) is 2.02. The molecule has 2 atom stereocenters. The van der Waals surface area contributed by atoms with E-state index in [1.165, 1.54) is 10.4 Å². The number of hydrogen-bond acceptors (Lipinski definition) is 4. The van der Waals surface area contributed by atoms with Crippen LogP contribution in [0.3, 0.4) is 0 Å². The Morgan fingerprint density at radius 1 is 1.23 bits per heavy atom. The van der Waals surface area contributed by atoms with Crippen LogP contribution in [-0.2, 0) is 6.42 Å². The molecule has 1 aromatic heterocycles. The van der Waals surface area contributed by atoms with Crippen molar-refractivity contribution >= 4 is 23.7 Å². The third kappa shape index (κ3) is 5.97. The van der Waals surface area contributed by atoms with E-state index in [0.29, 0.717) is 13.2 Å². The number of nitrogens with one attached hydrogen (secondary N) is 1. The number of thiophene rings is 1. The Kier molecular flexibility index (Phi) is 8.49. The Morgan fingerprint density at radius 3 is 2.55 bits per heavy atom. The lowest BCUT2D eigenvalue weighted by atomic mass is 10.2. The number of benzene rings is 1. The van der Waals surface area contributed by atoms with Crippen LogP contribution in [0.15, 0.2) is 41.8 Å². The van der Waals surface area contributed by atoms with Crippen molar-refractivity contribution in [3.8, 4) is 5.75 Å². The molecule has 5 heteroatoms. The molecule has 3 nitrogen and oxygen atoms in total. The average molecular weight is 342 g/mol. The largest absolute Gasteiger partial charge is 0.491 e. The van der Waals surface area contributed by atoms with Gasteiger partial charge in [-0.1, -0.05) is 25.1 Å². The highest BCUT2D eigenvalue weighted by Crippen LogP contribution is 2.18. The number of halogens is 1. The van der Waals surface area contributed by atoms with Crippen molar-refractivity contribution in [2.75, 3.05) is 13.2 Å². The van der Waals surface area contributed by atoms with Crippen molar-refractivity contribution < 1.29 is 9.84 Å². The van der Waals surface area contributed by atoms with Gasteiger partial charge in [-0.25, -0.2) is 0 Å². The molecule has 0 radical (unpaired) electrons. The summed E-state index contributed by atoms with van der Waals surface area (Å²) in [7, 11) is 0. The second-order valence-corrected chi connectivity index (χ2v) is 6.09. The average Bonchev–Trinajstić information content (AvgIpc) is 3.05.